The first-order valence-electron chi connectivity index (χ1n) is 7.40. The van der Waals surface area contributed by atoms with E-state index in [1.165, 1.54) is 10.9 Å². The van der Waals surface area contributed by atoms with Crippen molar-refractivity contribution in [3.8, 4) is 0 Å². The maximum atomic E-state index is 12.5. The fourth-order valence-corrected chi connectivity index (χ4v) is 2.68. The van der Waals surface area contributed by atoms with E-state index in [9.17, 15) is 9.59 Å². The van der Waals surface area contributed by atoms with Crippen LogP contribution in [-0.4, -0.2) is 20.4 Å². The van der Waals surface area contributed by atoms with Gasteiger partial charge in [-0.2, -0.15) is 0 Å². The summed E-state index contributed by atoms with van der Waals surface area (Å²) in [6.07, 6.45) is 3.27. The Morgan fingerprint density at radius 1 is 1.25 bits per heavy atom. The first-order chi connectivity index (χ1) is 11.5. The fourth-order valence-electron chi connectivity index (χ4n) is 2.32. The van der Waals surface area contributed by atoms with Crippen LogP contribution in [0.25, 0.3) is 10.9 Å². The van der Waals surface area contributed by atoms with Gasteiger partial charge in [0.05, 0.1) is 17.2 Å². The Kier molecular flexibility index (Phi) is 4.71. The number of anilines is 1. The third kappa shape index (κ3) is 3.68. The summed E-state index contributed by atoms with van der Waals surface area (Å²) < 4.78 is 2.26. The molecule has 24 heavy (non-hydrogen) atoms. The minimum Gasteiger partial charge on any atom is -0.311 e. The number of rotatable bonds is 4. The molecule has 7 heteroatoms. The molecule has 122 valence electrons. The molecule has 0 saturated carbocycles. The Morgan fingerprint density at radius 2 is 2.08 bits per heavy atom. The van der Waals surface area contributed by atoms with Gasteiger partial charge in [-0.15, -0.1) is 0 Å². The third-order valence-corrected chi connectivity index (χ3v) is 4.04. The van der Waals surface area contributed by atoms with Crippen LogP contribution in [0.15, 0.2) is 52.1 Å². The fraction of sp³-hybridized carbons (Fsp3) is 0.176. The molecule has 0 aliphatic carbocycles. The number of hydrogen-bond acceptors (Lipinski definition) is 4. The van der Waals surface area contributed by atoms with E-state index < -0.39 is 0 Å². The van der Waals surface area contributed by atoms with Crippen molar-refractivity contribution in [2.75, 3.05) is 5.32 Å². The number of pyridine rings is 1. The van der Waals surface area contributed by atoms with Gasteiger partial charge in [-0.3, -0.25) is 14.2 Å². The average Bonchev–Trinajstić information content (AvgIpc) is 2.55. The van der Waals surface area contributed by atoms with Crippen LogP contribution in [0.3, 0.4) is 0 Å². The summed E-state index contributed by atoms with van der Waals surface area (Å²) in [6.45, 7) is 2.18. The smallest absolute Gasteiger partial charge is 0.261 e. The predicted octanol–water partition coefficient (Wildman–Crippen LogP) is 2.89. The molecule has 0 fully saturated rings. The van der Waals surface area contributed by atoms with Crippen molar-refractivity contribution in [1.29, 1.82) is 0 Å². The van der Waals surface area contributed by atoms with E-state index in [2.05, 4.69) is 31.2 Å². The lowest BCUT2D eigenvalue weighted by Gasteiger charge is -2.08. The molecule has 6 nitrogen and oxygen atoms in total. The van der Waals surface area contributed by atoms with E-state index >= 15 is 0 Å². The molecule has 0 atom stereocenters. The van der Waals surface area contributed by atoms with Gasteiger partial charge in [0.2, 0.25) is 5.91 Å². The van der Waals surface area contributed by atoms with Gasteiger partial charge in [-0.05, 0) is 42.8 Å². The zero-order valence-corrected chi connectivity index (χ0v) is 14.6. The van der Waals surface area contributed by atoms with Crippen LogP contribution in [-0.2, 0) is 11.3 Å². The summed E-state index contributed by atoms with van der Waals surface area (Å²) >= 11 is 3.35. The molecule has 3 aromatic rings. The van der Waals surface area contributed by atoms with Crippen LogP contribution in [0, 0.1) is 6.92 Å². The number of carbonyl (C=O) groups excluding carboxylic acids is 1. The van der Waals surface area contributed by atoms with E-state index in [-0.39, 0.29) is 24.4 Å². The summed E-state index contributed by atoms with van der Waals surface area (Å²) in [5.74, 6) is 0.308. The number of carbonyl (C=O) groups is 1. The molecule has 0 aliphatic rings. The minimum atomic E-state index is -0.200. The SMILES string of the molecule is Cc1ccnc(NC(=O)CCn2cnc3ccc(Br)cc3c2=O)c1. The quantitative estimate of drug-likeness (QED) is 0.747. The molecule has 1 N–H and O–H groups in total. The lowest BCUT2D eigenvalue weighted by molar-refractivity contribution is -0.116. The molecule has 0 radical (unpaired) electrons. The second-order valence-corrected chi connectivity index (χ2v) is 6.34. The van der Waals surface area contributed by atoms with Crippen molar-refractivity contribution in [1.82, 2.24) is 14.5 Å². The number of amides is 1. The monoisotopic (exact) mass is 386 g/mol. The van der Waals surface area contributed by atoms with Crippen molar-refractivity contribution in [3.63, 3.8) is 0 Å². The van der Waals surface area contributed by atoms with E-state index in [4.69, 9.17) is 0 Å². The van der Waals surface area contributed by atoms with Gasteiger partial charge in [-0.25, -0.2) is 9.97 Å². The van der Waals surface area contributed by atoms with Gasteiger partial charge in [0.25, 0.3) is 5.56 Å². The average molecular weight is 387 g/mol. The largest absolute Gasteiger partial charge is 0.311 e. The summed E-state index contributed by atoms with van der Waals surface area (Å²) in [7, 11) is 0. The van der Waals surface area contributed by atoms with E-state index in [1.807, 2.05) is 19.1 Å². The first kappa shape index (κ1) is 16.3. The Bertz CT molecular complexity index is 968. The lowest BCUT2D eigenvalue weighted by atomic mass is 10.2. The molecule has 2 heterocycles. The van der Waals surface area contributed by atoms with Gasteiger partial charge in [-0.1, -0.05) is 15.9 Å². The maximum Gasteiger partial charge on any atom is 0.261 e. The van der Waals surface area contributed by atoms with Gasteiger partial charge in [0.1, 0.15) is 5.82 Å². The molecule has 2 aromatic heterocycles. The normalized spacial score (nSPS) is 10.8. The number of aryl methyl sites for hydroxylation is 2. The summed E-state index contributed by atoms with van der Waals surface area (Å²) in [4.78, 5) is 32.8. The number of nitrogens with zero attached hydrogens (tertiary/aromatic N) is 3. The van der Waals surface area contributed by atoms with Crippen LogP contribution in [0.2, 0.25) is 0 Å². The van der Waals surface area contributed by atoms with E-state index in [0.29, 0.717) is 16.7 Å². The highest BCUT2D eigenvalue weighted by Crippen LogP contribution is 2.15. The van der Waals surface area contributed by atoms with Crippen molar-refractivity contribution in [3.05, 3.63) is 63.2 Å². The highest BCUT2D eigenvalue weighted by Gasteiger charge is 2.08. The highest BCUT2D eigenvalue weighted by atomic mass is 79.9. The number of aromatic nitrogens is 3. The molecule has 0 bridgehead atoms. The van der Waals surface area contributed by atoms with Crippen molar-refractivity contribution < 1.29 is 4.79 Å². The highest BCUT2D eigenvalue weighted by molar-refractivity contribution is 9.10. The standard InChI is InChI=1S/C17H15BrN4O2/c1-11-4-6-19-15(8-11)21-16(23)5-7-22-10-20-14-3-2-12(18)9-13(14)17(22)24/h2-4,6,8-10H,5,7H2,1H3,(H,19,21,23). The van der Waals surface area contributed by atoms with Crippen molar-refractivity contribution >= 4 is 38.6 Å². The van der Waals surface area contributed by atoms with Crippen LogP contribution in [0.5, 0.6) is 0 Å². The summed E-state index contributed by atoms with van der Waals surface area (Å²) in [6, 6.07) is 8.99. The number of hydrogen-bond donors (Lipinski definition) is 1. The molecule has 1 amide bonds. The molecule has 0 spiro atoms. The zero-order valence-electron chi connectivity index (χ0n) is 13.0. The number of halogens is 1. The Labute approximate surface area is 146 Å². The van der Waals surface area contributed by atoms with Crippen LogP contribution < -0.4 is 10.9 Å². The predicted molar refractivity (Wildman–Crippen MR) is 95.9 cm³/mol. The molecular formula is C17H15BrN4O2. The molecule has 0 unspecified atom stereocenters. The van der Waals surface area contributed by atoms with Gasteiger partial charge >= 0.3 is 0 Å². The number of benzene rings is 1. The molecule has 0 aliphatic heterocycles. The second kappa shape index (κ2) is 6.92. The van der Waals surface area contributed by atoms with E-state index in [1.54, 1.807) is 24.4 Å². The molecule has 3 rings (SSSR count). The maximum absolute atomic E-state index is 12.5. The van der Waals surface area contributed by atoms with Crippen LogP contribution >= 0.6 is 15.9 Å². The Hall–Kier alpha value is -2.54. The third-order valence-electron chi connectivity index (χ3n) is 3.55. The zero-order chi connectivity index (χ0) is 17.1. The Morgan fingerprint density at radius 3 is 2.88 bits per heavy atom. The number of fused-ring (bicyclic) bond motifs is 1. The molecular weight excluding hydrogens is 372 g/mol. The van der Waals surface area contributed by atoms with Crippen LogP contribution in [0.1, 0.15) is 12.0 Å². The van der Waals surface area contributed by atoms with Gasteiger partial charge in [0, 0.05) is 23.6 Å². The molecule has 0 saturated heterocycles. The lowest BCUT2D eigenvalue weighted by Crippen LogP contribution is -2.23. The minimum absolute atomic E-state index is 0.163. The van der Waals surface area contributed by atoms with Crippen molar-refractivity contribution in [2.45, 2.75) is 19.9 Å². The Balaban J connectivity index is 1.72. The molecule has 1 aromatic carbocycles. The summed E-state index contributed by atoms with van der Waals surface area (Å²) in [5, 5.41) is 3.25. The van der Waals surface area contributed by atoms with Gasteiger partial charge in [0.15, 0.2) is 0 Å². The van der Waals surface area contributed by atoms with Crippen molar-refractivity contribution in [2.24, 2.45) is 0 Å². The topological polar surface area (TPSA) is 76.9 Å². The van der Waals surface area contributed by atoms with E-state index in [0.717, 1.165) is 10.0 Å². The second-order valence-electron chi connectivity index (χ2n) is 5.42. The summed E-state index contributed by atoms with van der Waals surface area (Å²) in [5.41, 5.74) is 1.48. The van der Waals surface area contributed by atoms with Gasteiger partial charge < -0.3 is 5.32 Å². The van der Waals surface area contributed by atoms with Crippen LogP contribution in [0.4, 0.5) is 5.82 Å². The number of nitrogens with one attached hydrogen (secondary N) is 1. The first-order valence-corrected chi connectivity index (χ1v) is 8.19.